The predicted molar refractivity (Wildman–Crippen MR) is 143 cm³/mol. The fourth-order valence-electron chi connectivity index (χ4n) is 3.42. The average Bonchev–Trinajstić information content (AvgIpc) is 3.46. The SMILES string of the molecule is O=C(O)CN1C(=O)C(=Cc2ccc(OCCCc3ccccc3)cc2OCc2cccs2)SC1=S. The number of amides is 1. The lowest BCUT2D eigenvalue weighted by atomic mass is 10.1. The lowest BCUT2D eigenvalue weighted by Crippen LogP contribution is -2.33. The molecule has 9 heteroatoms. The van der Waals surface area contributed by atoms with Crippen molar-refractivity contribution in [1.29, 1.82) is 0 Å². The van der Waals surface area contributed by atoms with Gasteiger partial charge in [-0.15, -0.1) is 11.3 Å². The van der Waals surface area contributed by atoms with Gasteiger partial charge < -0.3 is 14.6 Å². The van der Waals surface area contributed by atoms with Crippen molar-refractivity contribution in [3.05, 3.63) is 87.0 Å². The maximum absolute atomic E-state index is 12.7. The lowest BCUT2D eigenvalue weighted by molar-refractivity contribution is -0.140. The first kappa shape index (κ1) is 25.0. The van der Waals surface area contributed by atoms with Gasteiger partial charge in [-0.2, -0.15) is 0 Å². The predicted octanol–water partition coefficient (Wildman–Crippen LogP) is 5.62. The molecule has 1 saturated heterocycles. The molecule has 2 aromatic carbocycles. The Kier molecular flexibility index (Phi) is 8.57. The van der Waals surface area contributed by atoms with E-state index in [1.54, 1.807) is 17.4 Å². The van der Waals surface area contributed by atoms with Gasteiger partial charge in [0.15, 0.2) is 0 Å². The molecule has 4 rings (SSSR count). The maximum Gasteiger partial charge on any atom is 0.323 e. The normalized spacial score (nSPS) is 14.5. The number of benzene rings is 2. The van der Waals surface area contributed by atoms with Crippen molar-refractivity contribution < 1.29 is 24.2 Å². The smallest absolute Gasteiger partial charge is 0.323 e. The van der Waals surface area contributed by atoms with Crippen molar-refractivity contribution in [2.24, 2.45) is 0 Å². The summed E-state index contributed by atoms with van der Waals surface area (Å²) >= 11 is 7.88. The number of carboxylic acids is 1. The number of ether oxygens (including phenoxy) is 2. The van der Waals surface area contributed by atoms with Crippen LogP contribution in [0.5, 0.6) is 11.5 Å². The number of carbonyl (C=O) groups excluding carboxylic acids is 1. The average molecular weight is 526 g/mol. The van der Waals surface area contributed by atoms with E-state index >= 15 is 0 Å². The highest BCUT2D eigenvalue weighted by atomic mass is 32.2. The molecule has 1 amide bonds. The Morgan fingerprint density at radius 1 is 1.09 bits per heavy atom. The van der Waals surface area contributed by atoms with Gasteiger partial charge in [-0.05, 0) is 48.1 Å². The van der Waals surface area contributed by atoms with E-state index in [1.807, 2.05) is 53.9 Å². The fourth-order valence-corrected chi connectivity index (χ4v) is 5.28. The molecule has 1 fully saturated rings. The highest BCUT2D eigenvalue weighted by Gasteiger charge is 2.33. The quantitative estimate of drug-likeness (QED) is 0.198. The molecule has 1 N–H and O–H groups in total. The highest BCUT2D eigenvalue weighted by Crippen LogP contribution is 2.35. The third kappa shape index (κ3) is 6.94. The van der Waals surface area contributed by atoms with Crippen molar-refractivity contribution in [2.75, 3.05) is 13.2 Å². The second-order valence-electron chi connectivity index (χ2n) is 7.67. The number of aliphatic carboxylic acids is 1. The third-order valence-electron chi connectivity index (χ3n) is 5.11. The number of rotatable bonds is 11. The minimum Gasteiger partial charge on any atom is -0.493 e. The van der Waals surface area contributed by atoms with E-state index in [2.05, 4.69) is 12.1 Å². The molecule has 0 spiro atoms. The van der Waals surface area contributed by atoms with Gasteiger partial charge >= 0.3 is 5.97 Å². The zero-order valence-electron chi connectivity index (χ0n) is 18.7. The molecule has 0 aliphatic carbocycles. The maximum atomic E-state index is 12.7. The number of thiocarbonyl (C=S) groups is 1. The molecule has 1 aliphatic rings. The standard InChI is InChI=1S/C26H23NO5S3/c28-24(29)16-27-25(30)23(35-26(27)33)14-19-10-11-20(15-22(19)32-17-21-9-5-13-34-21)31-12-4-8-18-6-2-1-3-7-18/h1-3,5-7,9-11,13-15H,4,8,12,16-17H2,(H,28,29). The van der Waals surface area contributed by atoms with Crippen LogP contribution in [0.15, 0.2) is 70.9 Å². The Hall–Kier alpha value is -3.14. The first-order valence-corrected chi connectivity index (χ1v) is 13.0. The minimum atomic E-state index is -1.11. The van der Waals surface area contributed by atoms with Crippen LogP contribution in [0.2, 0.25) is 0 Å². The minimum absolute atomic E-state index is 0.225. The van der Waals surface area contributed by atoms with Gasteiger partial charge in [0.05, 0.1) is 11.5 Å². The molecular formula is C26H23NO5S3. The van der Waals surface area contributed by atoms with Crippen LogP contribution in [0.3, 0.4) is 0 Å². The molecule has 2 heterocycles. The van der Waals surface area contributed by atoms with Crippen molar-refractivity contribution in [1.82, 2.24) is 4.90 Å². The number of carboxylic acid groups (broad SMARTS) is 1. The first-order chi connectivity index (χ1) is 17.0. The Labute approximate surface area is 217 Å². The zero-order valence-corrected chi connectivity index (χ0v) is 21.2. The summed E-state index contributed by atoms with van der Waals surface area (Å²) in [5.41, 5.74) is 1.96. The molecular weight excluding hydrogens is 502 g/mol. The Morgan fingerprint density at radius 2 is 1.91 bits per heavy atom. The van der Waals surface area contributed by atoms with Gasteiger partial charge in [0.1, 0.15) is 29.0 Å². The summed E-state index contributed by atoms with van der Waals surface area (Å²) in [6.07, 6.45) is 3.49. The van der Waals surface area contributed by atoms with Gasteiger partial charge in [-0.3, -0.25) is 14.5 Å². The molecule has 1 aliphatic heterocycles. The van der Waals surface area contributed by atoms with E-state index < -0.39 is 18.4 Å². The number of thioether (sulfide) groups is 1. The van der Waals surface area contributed by atoms with Gasteiger partial charge in [-0.25, -0.2) is 0 Å². The summed E-state index contributed by atoms with van der Waals surface area (Å²) < 4.78 is 12.3. The molecule has 180 valence electrons. The molecule has 1 aromatic heterocycles. The number of hydrogen-bond acceptors (Lipinski definition) is 7. The van der Waals surface area contributed by atoms with Crippen LogP contribution in [-0.4, -0.2) is 39.4 Å². The van der Waals surface area contributed by atoms with Crippen molar-refractivity contribution in [3.63, 3.8) is 0 Å². The summed E-state index contributed by atoms with van der Waals surface area (Å²) in [6, 6.07) is 19.7. The van der Waals surface area contributed by atoms with E-state index in [0.29, 0.717) is 35.2 Å². The molecule has 0 atom stereocenters. The topological polar surface area (TPSA) is 76.1 Å². The molecule has 0 radical (unpaired) electrons. The molecule has 6 nitrogen and oxygen atoms in total. The number of nitrogens with zero attached hydrogens (tertiary/aromatic N) is 1. The first-order valence-electron chi connectivity index (χ1n) is 10.9. The van der Waals surface area contributed by atoms with Crippen LogP contribution < -0.4 is 9.47 Å². The lowest BCUT2D eigenvalue weighted by Gasteiger charge is -2.13. The third-order valence-corrected chi connectivity index (χ3v) is 7.34. The summed E-state index contributed by atoms with van der Waals surface area (Å²) in [6.45, 7) is 0.488. The number of carbonyl (C=O) groups is 2. The van der Waals surface area contributed by atoms with Crippen LogP contribution in [-0.2, 0) is 22.6 Å². The van der Waals surface area contributed by atoms with E-state index in [1.165, 1.54) is 5.56 Å². The van der Waals surface area contributed by atoms with Gasteiger partial charge in [0.2, 0.25) is 0 Å². The zero-order chi connectivity index (χ0) is 24.6. The van der Waals surface area contributed by atoms with Crippen molar-refractivity contribution >= 4 is 57.6 Å². The second-order valence-corrected chi connectivity index (χ2v) is 10.4. The van der Waals surface area contributed by atoms with Crippen molar-refractivity contribution in [2.45, 2.75) is 19.4 Å². The summed E-state index contributed by atoms with van der Waals surface area (Å²) in [7, 11) is 0. The van der Waals surface area contributed by atoms with Crippen LogP contribution in [0.25, 0.3) is 6.08 Å². The van der Waals surface area contributed by atoms with Gasteiger partial charge in [-0.1, -0.05) is 60.4 Å². The molecule has 35 heavy (non-hydrogen) atoms. The second kappa shape index (κ2) is 12.0. The Balaban J connectivity index is 1.48. The van der Waals surface area contributed by atoms with Crippen LogP contribution in [0.1, 0.15) is 22.4 Å². The Morgan fingerprint density at radius 3 is 2.66 bits per heavy atom. The van der Waals surface area contributed by atoms with E-state index in [9.17, 15) is 9.59 Å². The molecule has 0 unspecified atom stereocenters. The molecule has 3 aromatic rings. The molecule has 0 bridgehead atoms. The number of hydrogen-bond donors (Lipinski definition) is 1. The van der Waals surface area contributed by atoms with Crippen molar-refractivity contribution in [3.8, 4) is 11.5 Å². The Bertz CT molecular complexity index is 1230. The van der Waals surface area contributed by atoms with Crippen LogP contribution in [0.4, 0.5) is 0 Å². The summed E-state index contributed by atoms with van der Waals surface area (Å²) in [5, 5.41) is 11.0. The van der Waals surface area contributed by atoms with Crippen LogP contribution >= 0.6 is 35.3 Å². The largest absolute Gasteiger partial charge is 0.493 e. The van der Waals surface area contributed by atoms with E-state index in [-0.39, 0.29) is 4.32 Å². The summed E-state index contributed by atoms with van der Waals surface area (Å²) in [4.78, 5) is 26.3. The fraction of sp³-hybridized carbons (Fsp3) is 0.192. The summed E-state index contributed by atoms with van der Waals surface area (Å²) in [5.74, 6) is -0.290. The van der Waals surface area contributed by atoms with E-state index in [4.69, 9.17) is 26.8 Å². The number of thiophene rings is 1. The number of aryl methyl sites for hydroxylation is 1. The van der Waals surface area contributed by atoms with Gasteiger partial charge in [0, 0.05) is 16.5 Å². The molecule has 0 saturated carbocycles. The van der Waals surface area contributed by atoms with E-state index in [0.717, 1.165) is 34.4 Å². The highest BCUT2D eigenvalue weighted by molar-refractivity contribution is 8.26. The van der Waals surface area contributed by atoms with Crippen LogP contribution in [0, 0.1) is 0 Å². The monoisotopic (exact) mass is 525 g/mol. The van der Waals surface area contributed by atoms with Gasteiger partial charge in [0.25, 0.3) is 5.91 Å².